The number of hydrogen-bond donors (Lipinski definition) is 2. The summed E-state index contributed by atoms with van der Waals surface area (Å²) in [6, 6.07) is 20.6. The van der Waals surface area contributed by atoms with Crippen LogP contribution in [0, 0.1) is 0 Å². The third-order valence-electron chi connectivity index (χ3n) is 5.87. The molecule has 0 spiro atoms. The smallest absolute Gasteiger partial charge is 0.343 e. The first-order valence-electron chi connectivity index (χ1n) is 11.7. The number of halogens is 6. The molecule has 0 fully saturated rings. The van der Waals surface area contributed by atoms with E-state index >= 15 is 0 Å². The molecule has 0 atom stereocenters. The van der Waals surface area contributed by atoms with E-state index in [2.05, 4.69) is 63.3 Å². The lowest BCUT2D eigenvalue weighted by molar-refractivity contribution is 0.0733. The second-order valence-electron chi connectivity index (χ2n) is 8.57. The summed E-state index contributed by atoms with van der Waals surface area (Å²) < 4.78 is 7.72. The molecule has 0 saturated heterocycles. The Morgan fingerprint density at radius 3 is 2.34 bits per heavy atom. The maximum absolute atomic E-state index is 13.4. The van der Waals surface area contributed by atoms with Crippen LogP contribution in [0.4, 0.5) is 0 Å². The van der Waals surface area contributed by atoms with Crippen LogP contribution in [0.15, 0.2) is 91.3 Å². The Balaban J connectivity index is 1.47. The van der Waals surface area contributed by atoms with Crippen LogP contribution >= 0.6 is 82.6 Å². The number of ether oxygens (including phenoxy) is 1. The molecule has 1 aromatic heterocycles. The van der Waals surface area contributed by atoms with E-state index in [0.717, 1.165) is 4.47 Å². The van der Waals surface area contributed by atoms with Crippen LogP contribution < -0.4 is 10.2 Å². The van der Waals surface area contributed by atoms with Gasteiger partial charge in [-0.2, -0.15) is 5.10 Å². The fourth-order valence-electron chi connectivity index (χ4n) is 4.09. The molecule has 206 valence electrons. The van der Waals surface area contributed by atoms with E-state index in [1.807, 2.05) is 6.07 Å². The van der Waals surface area contributed by atoms with Gasteiger partial charge < -0.3 is 9.72 Å². The topological polar surface area (TPSA) is 83.5 Å². The number of nitrogens with one attached hydrogen (secondary N) is 2. The molecule has 6 nitrogen and oxygen atoms in total. The van der Waals surface area contributed by atoms with Crippen LogP contribution in [-0.2, 0) is 0 Å². The van der Waals surface area contributed by atoms with Gasteiger partial charge in [-0.1, -0.05) is 84.9 Å². The Hall–Kier alpha value is -2.66. The number of rotatable bonds is 6. The van der Waals surface area contributed by atoms with Gasteiger partial charge in [0.05, 0.1) is 21.3 Å². The number of hydrogen-bond acceptors (Lipinski definition) is 4. The van der Waals surface area contributed by atoms with Crippen molar-refractivity contribution >= 4 is 112 Å². The van der Waals surface area contributed by atoms with Gasteiger partial charge in [0.15, 0.2) is 5.75 Å². The van der Waals surface area contributed by atoms with E-state index in [9.17, 15) is 9.59 Å². The molecular weight excluding hydrogens is 784 g/mol. The van der Waals surface area contributed by atoms with E-state index < -0.39 is 11.9 Å². The van der Waals surface area contributed by atoms with Gasteiger partial charge >= 0.3 is 5.97 Å². The predicted octanol–water partition coefficient (Wildman–Crippen LogP) is 10.1. The number of nitrogens with zero attached hydrogens (tertiary/aromatic N) is 1. The Bertz CT molecular complexity index is 1860. The Kier molecular flexibility index (Phi) is 9.23. The molecule has 5 rings (SSSR count). The molecule has 0 aliphatic heterocycles. The van der Waals surface area contributed by atoms with Crippen molar-refractivity contribution in [3.05, 3.63) is 118 Å². The van der Waals surface area contributed by atoms with Gasteiger partial charge in [0, 0.05) is 46.6 Å². The molecule has 0 aliphatic rings. The minimum atomic E-state index is -0.558. The van der Waals surface area contributed by atoms with Gasteiger partial charge in [-0.15, -0.1) is 0 Å². The maximum Gasteiger partial charge on any atom is 0.343 e. The lowest BCUT2D eigenvalue weighted by atomic mass is 10.0. The maximum atomic E-state index is 13.4. The molecule has 1 amide bonds. The Morgan fingerprint density at radius 1 is 0.878 bits per heavy atom. The zero-order valence-electron chi connectivity index (χ0n) is 20.4. The summed E-state index contributed by atoms with van der Waals surface area (Å²) in [6.45, 7) is 0. The van der Waals surface area contributed by atoms with Crippen LogP contribution in [0.2, 0.25) is 15.1 Å². The highest BCUT2D eigenvalue weighted by Crippen LogP contribution is 2.41. The van der Waals surface area contributed by atoms with Gasteiger partial charge in [0.1, 0.15) is 5.69 Å². The second kappa shape index (κ2) is 12.7. The number of carbonyl (C=O) groups excluding carboxylic acids is 2. The van der Waals surface area contributed by atoms with Crippen LogP contribution in [-0.4, -0.2) is 23.1 Å². The van der Waals surface area contributed by atoms with E-state index in [-0.39, 0.29) is 11.4 Å². The third-order valence-corrected chi connectivity index (χ3v) is 8.29. The molecular formula is C29H15Br3Cl3N3O3. The number of aromatic nitrogens is 1. The van der Waals surface area contributed by atoms with Crippen molar-refractivity contribution in [1.82, 2.24) is 10.4 Å². The van der Waals surface area contributed by atoms with Gasteiger partial charge in [-0.25, -0.2) is 10.2 Å². The fourth-order valence-corrected chi connectivity index (χ4v) is 6.51. The number of fused-ring (bicyclic) bond motifs is 1. The average molecular weight is 800 g/mol. The number of aromatic amines is 1. The highest BCUT2D eigenvalue weighted by Gasteiger charge is 2.23. The van der Waals surface area contributed by atoms with Gasteiger partial charge in [0.2, 0.25) is 0 Å². The van der Waals surface area contributed by atoms with Crippen molar-refractivity contribution in [1.29, 1.82) is 0 Å². The Labute approximate surface area is 274 Å². The van der Waals surface area contributed by atoms with Crippen molar-refractivity contribution in [3.63, 3.8) is 0 Å². The van der Waals surface area contributed by atoms with Gasteiger partial charge in [-0.05, 0) is 70.5 Å². The van der Waals surface area contributed by atoms with Crippen LogP contribution in [0.25, 0.3) is 22.0 Å². The molecule has 0 unspecified atom stereocenters. The molecule has 2 N–H and O–H groups in total. The van der Waals surface area contributed by atoms with E-state index in [1.54, 1.807) is 66.7 Å². The number of H-pyrrole nitrogens is 1. The number of carbonyl (C=O) groups is 2. The molecule has 12 heteroatoms. The highest BCUT2D eigenvalue weighted by molar-refractivity contribution is 9.11. The summed E-state index contributed by atoms with van der Waals surface area (Å²) in [6.07, 6.45) is 1.37. The molecule has 4 aromatic carbocycles. The zero-order chi connectivity index (χ0) is 29.3. The molecule has 0 saturated carbocycles. The lowest BCUT2D eigenvalue weighted by Crippen LogP contribution is -2.19. The first kappa shape index (κ1) is 29.8. The van der Waals surface area contributed by atoms with Crippen molar-refractivity contribution in [2.24, 2.45) is 5.10 Å². The SMILES string of the molecule is O=C(Oc1c(Br)cc(Br)cc1C=NNC(=O)c1[nH]c2cc(Cl)cc(Cl)c2c1-c1ccccc1Cl)c1ccc(Br)cc1. The predicted molar refractivity (Wildman–Crippen MR) is 175 cm³/mol. The fraction of sp³-hybridized carbons (Fsp3) is 0. The van der Waals surface area contributed by atoms with E-state index in [1.165, 1.54) is 6.21 Å². The van der Waals surface area contributed by atoms with Gasteiger partial charge in [0.25, 0.3) is 5.91 Å². The summed E-state index contributed by atoms with van der Waals surface area (Å²) in [5.41, 5.74) is 5.19. The first-order chi connectivity index (χ1) is 19.6. The zero-order valence-corrected chi connectivity index (χ0v) is 27.5. The average Bonchev–Trinajstić information content (AvgIpc) is 3.30. The van der Waals surface area contributed by atoms with Crippen molar-refractivity contribution in [2.45, 2.75) is 0 Å². The number of amides is 1. The summed E-state index contributed by atoms with van der Waals surface area (Å²) in [4.78, 5) is 29.3. The van der Waals surface area contributed by atoms with Crippen molar-refractivity contribution in [2.75, 3.05) is 0 Å². The molecule has 1 heterocycles. The Morgan fingerprint density at radius 2 is 1.61 bits per heavy atom. The normalized spacial score (nSPS) is 11.3. The quantitative estimate of drug-likeness (QED) is 0.0777. The molecule has 0 radical (unpaired) electrons. The van der Waals surface area contributed by atoms with Crippen LogP contribution in [0.1, 0.15) is 26.4 Å². The lowest BCUT2D eigenvalue weighted by Gasteiger charge is -2.11. The molecule has 0 aliphatic carbocycles. The van der Waals surface area contributed by atoms with E-state index in [0.29, 0.717) is 57.2 Å². The summed E-state index contributed by atoms with van der Waals surface area (Å²) in [5.74, 6) is -0.887. The number of esters is 1. The minimum absolute atomic E-state index is 0.187. The number of benzene rings is 4. The summed E-state index contributed by atoms with van der Waals surface area (Å²) >= 11 is 29.5. The van der Waals surface area contributed by atoms with E-state index in [4.69, 9.17) is 39.5 Å². The number of hydrazone groups is 1. The van der Waals surface area contributed by atoms with Crippen LogP contribution in [0.3, 0.4) is 0 Å². The van der Waals surface area contributed by atoms with Crippen molar-refractivity contribution < 1.29 is 14.3 Å². The first-order valence-corrected chi connectivity index (χ1v) is 15.2. The summed E-state index contributed by atoms with van der Waals surface area (Å²) in [7, 11) is 0. The minimum Gasteiger partial charge on any atom is -0.421 e. The third kappa shape index (κ3) is 6.56. The molecule has 5 aromatic rings. The van der Waals surface area contributed by atoms with Crippen LogP contribution in [0.5, 0.6) is 5.75 Å². The van der Waals surface area contributed by atoms with Crippen molar-refractivity contribution in [3.8, 4) is 16.9 Å². The molecule has 0 bridgehead atoms. The molecule has 41 heavy (non-hydrogen) atoms. The monoisotopic (exact) mass is 795 g/mol. The largest absolute Gasteiger partial charge is 0.421 e. The summed E-state index contributed by atoms with van der Waals surface area (Å²) in [5, 5.41) is 5.94. The highest BCUT2D eigenvalue weighted by atomic mass is 79.9. The standard InChI is InChI=1S/C29H15Br3Cl3N3O3/c30-16-7-5-14(6-8-16)29(40)41-27-15(9-17(31)10-20(27)32)13-36-38-28(39)26-24(19-3-1-2-4-21(19)34)25-22(35)11-18(33)12-23(25)37-26/h1-13,37H,(H,38,39). The second-order valence-corrected chi connectivity index (χ2v) is 12.5. The van der Waals surface area contributed by atoms with Gasteiger partial charge in [-0.3, -0.25) is 4.79 Å².